The Bertz CT molecular complexity index is 1230. The number of halogens is 1. The van der Waals surface area contributed by atoms with Crippen LogP contribution in [0.25, 0.3) is 10.9 Å². The highest BCUT2D eigenvalue weighted by Crippen LogP contribution is 2.30. The van der Waals surface area contributed by atoms with Crippen LogP contribution in [-0.2, 0) is 16.8 Å². The number of rotatable bonds is 4. The minimum atomic E-state index is -1.41. The van der Waals surface area contributed by atoms with Crippen LogP contribution in [0.1, 0.15) is 25.1 Å². The molecule has 1 saturated heterocycles. The Labute approximate surface area is 178 Å². The Morgan fingerprint density at radius 3 is 2.68 bits per heavy atom. The number of hydrazine groups is 1. The zero-order chi connectivity index (χ0) is 22.3. The summed E-state index contributed by atoms with van der Waals surface area (Å²) in [5.74, 6) is -1.44. The van der Waals surface area contributed by atoms with E-state index in [0.29, 0.717) is 10.7 Å². The van der Waals surface area contributed by atoms with Crippen LogP contribution < -0.4 is 21.5 Å². The number of H-pyrrole nitrogens is 1. The minimum absolute atomic E-state index is 0.149. The molecule has 2 heterocycles. The second-order valence-electron chi connectivity index (χ2n) is 7.46. The maximum atomic E-state index is 13.9. The van der Waals surface area contributed by atoms with Gasteiger partial charge in [0.1, 0.15) is 13.7 Å². The molecular formula is C21H19BFN5O3. The third-order valence-corrected chi connectivity index (χ3v) is 5.28. The van der Waals surface area contributed by atoms with Gasteiger partial charge in [-0.1, -0.05) is 24.5 Å². The Hall–Kier alpha value is -3.82. The lowest BCUT2D eigenvalue weighted by molar-refractivity contribution is -0.132. The van der Waals surface area contributed by atoms with Crippen molar-refractivity contribution in [3.8, 4) is 0 Å². The minimum Gasteiger partial charge on any atom is -0.356 e. The van der Waals surface area contributed by atoms with Gasteiger partial charge in [-0.2, -0.15) is 5.01 Å². The predicted molar refractivity (Wildman–Crippen MR) is 114 cm³/mol. The lowest BCUT2D eigenvalue weighted by atomic mass is 9.96. The molecule has 156 valence electrons. The molecule has 0 saturated carbocycles. The van der Waals surface area contributed by atoms with Gasteiger partial charge in [0.2, 0.25) is 0 Å². The molecule has 0 spiro atoms. The van der Waals surface area contributed by atoms with Gasteiger partial charge in [-0.3, -0.25) is 4.79 Å². The fourth-order valence-electron chi connectivity index (χ4n) is 3.48. The largest absolute Gasteiger partial charge is 0.356 e. The van der Waals surface area contributed by atoms with Gasteiger partial charge in [-0.25, -0.2) is 19.4 Å². The van der Waals surface area contributed by atoms with Crippen LogP contribution in [0.2, 0.25) is 0 Å². The van der Waals surface area contributed by atoms with Crippen LogP contribution in [0.5, 0.6) is 0 Å². The number of hydrogen-bond donors (Lipinski definition) is 4. The van der Waals surface area contributed by atoms with Crippen molar-refractivity contribution < 1.29 is 18.8 Å². The number of aryl methyl sites for hydroxylation is 1. The molecule has 0 aliphatic carbocycles. The third kappa shape index (κ3) is 3.60. The van der Waals surface area contributed by atoms with Crippen molar-refractivity contribution in [2.75, 3.05) is 5.32 Å². The van der Waals surface area contributed by atoms with Crippen LogP contribution >= 0.6 is 0 Å². The van der Waals surface area contributed by atoms with Crippen molar-refractivity contribution in [1.29, 1.82) is 0 Å². The number of aromatic amines is 1. The van der Waals surface area contributed by atoms with Gasteiger partial charge in [-0.15, -0.1) is 0 Å². The van der Waals surface area contributed by atoms with Gasteiger partial charge < -0.3 is 15.6 Å². The second kappa shape index (κ2) is 7.46. The molecule has 1 aliphatic rings. The maximum absolute atomic E-state index is 13.9. The summed E-state index contributed by atoms with van der Waals surface area (Å²) in [6.45, 7) is 3.58. The first-order valence-corrected chi connectivity index (χ1v) is 9.62. The molecule has 1 aliphatic heterocycles. The van der Waals surface area contributed by atoms with E-state index < -0.39 is 29.3 Å². The molecule has 31 heavy (non-hydrogen) atoms. The number of imide groups is 1. The van der Waals surface area contributed by atoms with Crippen molar-refractivity contribution in [3.63, 3.8) is 0 Å². The molecule has 1 fully saturated rings. The highest BCUT2D eigenvalue weighted by atomic mass is 19.1. The molecule has 1 aromatic heterocycles. The summed E-state index contributed by atoms with van der Waals surface area (Å²) < 4.78 is 13.9. The lowest BCUT2D eigenvalue weighted by Crippen LogP contribution is -2.49. The molecule has 2 aromatic carbocycles. The molecule has 8 nitrogen and oxygen atoms in total. The van der Waals surface area contributed by atoms with Gasteiger partial charge in [0.05, 0.1) is 11.4 Å². The van der Waals surface area contributed by atoms with E-state index in [1.165, 1.54) is 19.1 Å². The van der Waals surface area contributed by atoms with Crippen LogP contribution in [0.15, 0.2) is 42.5 Å². The van der Waals surface area contributed by atoms with Crippen molar-refractivity contribution >= 4 is 47.9 Å². The van der Waals surface area contributed by atoms with Crippen molar-refractivity contribution in [2.45, 2.75) is 25.8 Å². The normalized spacial score (nSPS) is 18.4. The summed E-state index contributed by atoms with van der Waals surface area (Å²) in [6, 6.07) is 9.64. The average Bonchev–Trinajstić information content (AvgIpc) is 3.25. The summed E-state index contributed by atoms with van der Waals surface area (Å²) in [5.41, 5.74) is 3.22. The van der Waals surface area contributed by atoms with E-state index >= 15 is 0 Å². The summed E-state index contributed by atoms with van der Waals surface area (Å²) >= 11 is 0. The number of amides is 5. The first-order valence-electron chi connectivity index (χ1n) is 9.62. The van der Waals surface area contributed by atoms with Gasteiger partial charge in [0.25, 0.3) is 5.91 Å². The van der Waals surface area contributed by atoms with E-state index in [1.807, 2.05) is 25.1 Å². The van der Waals surface area contributed by atoms with Gasteiger partial charge in [-0.05, 0) is 49.2 Å². The number of benzene rings is 2. The highest BCUT2D eigenvalue weighted by molar-refractivity contribution is 6.32. The molecule has 0 bridgehead atoms. The number of carbonyl (C=O) groups is 3. The number of urea groups is 2. The second-order valence-corrected chi connectivity index (χ2v) is 7.46. The lowest BCUT2D eigenvalue weighted by Gasteiger charge is -2.20. The summed E-state index contributed by atoms with van der Waals surface area (Å²) in [5, 5.41) is 6.31. The summed E-state index contributed by atoms with van der Waals surface area (Å²) in [4.78, 5) is 40.9. The Balaban J connectivity index is 1.54. The fourth-order valence-corrected chi connectivity index (χ4v) is 3.48. The molecule has 2 radical (unpaired) electrons. The van der Waals surface area contributed by atoms with E-state index in [4.69, 9.17) is 7.85 Å². The standard InChI is InChI=1S/C21H19BFN5O3/c1-3-11-4-6-15-12(8-11)9-17(24-15)21(2)18(29)28(20(31)26-21)27-19(30)25-16-7-5-13(22)10-14(16)23/h4-10,24H,3H2,1-2H3,(H,26,31)(H2,25,27,30). The zero-order valence-electron chi connectivity index (χ0n) is 16.9. The average molecular weight is 419 g/mol. The highest BCUT2D eigenvalue weighted by Gasteiger charge is 2.51. The number of fused-ring (bicyclic) bond motifs is 1. The molecular weight excluding hydrogens is 400 g/mol. The van der Waals surface area contributed by atoms with Gasteiger partial charge in [0, 0.05) is 10.9 Å². The van der Waals surface area contributed by atoms with Crippen LogP contribution in [0.3, 0.4) is 0 Å². The van der Waals surface area contributed by atoms with Crippen molar-refractivity contribution in [3.05, 3.63) is 59.5 Å². The SMILES string of the molecule is [B]c1ccc(NC(=O)NN2C(=O)NC(C)(c3cc4cc(CC)ccc4[nH]3)C2=O)c(F)c1. The smallest absolute Gasteiger partial charge is 0.344 e. The quantitative estimate of drug-likeness (QED) is 0.385. The van der Waals surface area contributed by atoms with Gasteiger partial charge >= 0.3 is 12.1 Å². The monoisotopic (exact) mass is 419 g/mol. The van der Waals surface area contributed by atoms with Crippen LogP contribution in [0, 0.1) is 5.82 Å². The number of nitrogens with zero attached hydrogens (tertiary/aromatic N) is 1. The molecule has 4 N–H and O–H groups in total. The van der Waals surface area contributed by atoms with Crippen molar-refractivity contribution in [2.24, 2.45) is 0 Å². The molecule has 4 rings (SSSR count). The topological polar surface area (TPSA) is 106 Å². The predicted octanol–water partition coefficient (Wildman–Crippen LogP) is 2.17. The molecule has 1 unspecified atom stereocenters. The molecule has 10 heteroatoms. The third-order valence-electron chi connectivity index (χ3n) is 5.28. The van der Waals surface area contributed by atoms with Crippen LogP contribution in [-0.4, -0.2) is 35.8 Å². The van der Waals surface area contributed by atoms with E-state index in [9.17, 15) is 18.8 Å². The maximum Gasteiger partial charge on any atom is 0.344 e. The zero-order valence-corrected chi connectivity index (χ0v) is 16.9. The number of carbonyl (C=O) groups excluding carboxylic acids is 3. The van der Waals surface area contributed by atoms with E-state index in [1.54, 1.807) is 6.07 Å². The Kier molecular flexibility index (Phi) is 4.92. The van der Waals surface area contributed by atoms with E-state index in [-0.39, 0.29) is 11.2 Å². The van der Waals surface area contributed by atoms with Gasteiger partial charge in [0.15, 0.2) is 5.54 Å². The number of nitrogens with one attached hydrogen (secondary N) is 4. The summed E-state index contributed by atoms with van der Waals surface area (Å²) in [6.07, 6.45) is 0.866. The number of hydrogen-bond acceptors (Lipinski definition) is 3. The Morgan fingerprint density at radius 1 is 1.19 bits per heavy atom. The summed E-state index contributed by atoms with van der Waals surface area (Å²) in [7, 11) is 5.48. The first kappa shape index (κ1) is 20.5. The fraction of sp³-hybridized carbons (Fsp3) is 0.190. The first-order chi connectivity index (χ1) is 14.7. The molecule has 1 atom stereocenters. The Morgan fingerprint density at radius 2 is 1.97 bits per heavy atom. The van der Waals surface area contributed by atoms with E-state index in [0.717, 1.165) is 29.0 Å². The number of anilines is 1. The molecule has 5 amide bonds. The van der Waals surface area contributed by atoms with Crippen molar-refractivity contribution in [1.82, 2.24) is 20.7 Å². The van der Waals surface area contributed by atoms with E-state index in [2.05, 4.69) is 21.0 Å². The molecule has 3 aromatic rings. The number of aromatic nitrogens is 1. The van der Waals surface area contributed by atoms with Crippen LogP contribution in [0.4, 0.5) is 19.7 Å².